The molecule has 0 spiro atoms. The highest BCUT2D eigenvalue weighted by Crippen LogP contribution is 2.14. The molecule has 0 bridgehead atoms. The molecule has 1 aromatic carbocycles. The Balaban J connectivity index is 2.68. The lowest BCUT2D eigenvalue weighted by molar-refractivity contribution is 0.0975. The Morgan fingerprint density at radius 3 is 2.79 bits per heavy atom. The summed E-state index contributed by atoms with van der Waals surface area (Å²) < 4.78 is 1.85. The molecule has 2 aromatic rings. The SMILES string of the molecule is CCC(=O)c1nc2ccccc2n1C. The number of para-hydroxylation sites is 2. The number of carbonyl (C=O) groups is 1. The lowest BCUT2D eigenvalue weighted by Gasteiger charge is -1.98. The predicted molar refractivity (Wildman–Crippen MR) is 55.3 cm³/mol. The van der Waals surface area contributed by atoms with Crippen LogP contribution in [0.5, 0.6) is 0 Å². The average molecular weight is 188 g/mol. The maximum atomic E-state index is 11.5. The number of rotatable bonds is 2. The summed E-state index contributed by atoms with van der Waals surface area (Å²) >= 11 is 0. The Labute approximate surface area is 82.4 Å². The molecule has 0 aliphatic rings. The number of hydrogen-bond acceptors (Lipinski definition) is 2. The molecule has 2 rings (SSSR count). The minimum absolute atomic E-state index is 0.0868. The molecule has 72 valence electrons. The second-order valence-electron chi connectivity index (χ2n) is 3.26. The number of carbonyl (C=O) groups excluding carboxylic acids is 1. The molecule has 0 aliphatic heterocycles. The van der Waals surface area contributed by atoms with E-state index >= 15 is 0 Å². The topological polar surface area (TPSA) is 34.9 Å². The third-order valence-corrected chi connectivity index (χ3v) is 2.36. The molecule has 1 heterocycles. The lowest BCUT2D eigenvalue weighted by atomic mass is 10.3. The van der Waals surface area contributed by atoms with Crippen molar-refractivity contribution in [2.45, 2.75) is 13.3 Å². The zero-order valence-electron chi connectivity index (χ0n) is 8.32. The van der Waals surface area contributed by atoms with E-state index in [0.29, 0.717) is 12.2 Å². The van der Waals surface area contributed by atoms with E-state index in [0.717, 1.165) is 11.0 Å². The van der Waals surface area contributed by atoms with Gasteiger partial charge in [0.25, 0.3) is 0 Å². The molecule has 1 aromatic heterocycles. The van der Waals surface area contributed by atoms with Gasteiger partial charge in [-0.05, 0) is 12.1 Å². The molecule has 0 atom stereocenters. The third kappa shape index (κ3) is 1.21. The van der Waals surface area contributed by atoms with Crippen LogP contribution < -0.4 is 0 Å². The molecule has 3 nitrogen and oxygen atoms in total. The minimum Gasteiger partial charge on any atom is -0.325 e. The summed E-state index contributed by atoms with van der Waals surface area (Å²) in [6.07, 6.45) is 0.497. The molecular weight excluding hydrogens is 176 g/mol. The predicted octanol–water partition coefficient (Wildman–Crippen LogP) is 2.17. The van der Waals surface area contributed by atoms with E-state index in [1.807, 2.05) is 42.8 Å². The Morgan fingerprint density at radius 2 is 2.14 bits per heavy atom. The van der Waals surface area contributed by atoms with Crippen LogP contribution in [0, 0.1) is 0 Å². The van der Waals surface area contributed by atoms with Crippen LogP contribution in [0.25, 0.3) is 11.0 Å². The van der Waals surface area contributed by atoms with Crippen molar-refractivity contribution in [2.24, 2.45) is 7.05 Å². The summed E-state index contributed by atoms with van der Waals surface area (Å²) in [6.45, 7) is 1.85. The van der Waals surface area contributed by atoms with Gasteiger partial charge in [-0.15, -0.1) is 0 Å². The standard InChI is InChI=1S/C11H12N2O/c1-3-10(14)11-12-8-6-4-5-7-9(8)13(11)2/h4-7H,3H2,1-2H3. The van der Waals surface area contributed by atoms with Gasteiger partial charge in [0.15, 0.2) is 11.6 Å². The zero-order valence-corrected chi connectivity index (χ0v) is 8.32. The average Bonchev–Trinajstić information content (AvgIpc) is 2.56. The molecule has 0 unspecified atom stereocenters. The largest absolute Gasteiger partial charge is 0.325 e. The molecule has 0 radical (unpaired) electrons. The highest BCUT2D eigenvalue weighted by atomic mass is 16.1. The molecular formula is C11H12N2O. The first-order valence-electron chi connectivity index (χ1n) is 4.68. The van der Waals surface area contributed by atoms with Crippen molar-refractivity contribution in [2.75, 3.05) is 0 Å². The van der Waals surface area contributed by atoms with Crippen LogP contribution in [0.1, 0.15) is 24.0 Å². The highest BCUT2D eigenvalue weighted by molar-refractivity contribution is 5.96. The third-order valence-electron chi connectivity index (χ3n) is 2.36. The quantitative estimate of drug-likeness (QED) is 0.677. The van der Waals surface area contributed by atoms with Gasteiger partial charge in [-0.2, -0.15) is 0 Å². The second-order valence-corrected chi connectivity index (χ2v) is 3.26. The normalized spacial score (nSPS) is 10.7. The van der Waals surface area contributed by atoms with Gasteiger partial charge in [0, 0.05) is 13.5 Å². The Morgan fingerprint density at radius 1 is 1.43 bits per heavy atom. The number of aryl methyl sites for hydroxylation is 1. The van der Waals surface area contributed by atoms with Gasteiger partial charge < -0.3 is 4.57 Å². The number of nitrogens with zero attached hydrogens (tertiary/aromatic N) is 2. The van der Waals surface area contributed by atoms with Crippen LogP contribution in [-0.4, -0.2) is 15.3 Å². The first-order valence-corrected chi connectivity index (χ1v) is 4.68. The van der Waals surface area contributed by atoms with Gasteiger partial charge in [-0.25, -0.2) is 4.98 Å². The highest BCUT2D eigenvalue weighted by Gasteiger charge is 2.12. The number of benzene rings is 1. The summed E-state index contributed by atoms with van der Waals surface area (Å²) in [6, 6.07) is 7.76. The maximum absolute atomic E-state index is 11.5. The fourth-order valence-corrected chi connectivity index (χ4v) is 1.55. The van der Waals surface area contributed by atoms with E-state index < -0.39 is 0 Å². The van der Waals surface area contributed by atoms with Crippen molar-refractivity contribution in [3.8, 4) is 0 Å². The van der Waals surface area contributed by atoms with Crippen LogP contribution in [0.15, 0.2) is 24.3 Å². The summed E-state index contributed by atoms with van der Waals surface area (Å²) in [5.74, 6) is 0.636. The summed E-state index contributed by atoms with van der Waals surface area (Å²) in [5, 5.41) is 0. The molecule has 0 saturated heterocycles. The van der Waals surface area contributed by atoms with Gasteiger partial charge in [-0.3, -0.25) is 4.79 Å². The Bertz CT molecular complexity index is 485. The van der Waals surface area contributed by atoms with Gasteiger partial charge in [0.05, 0.1) is 11.0 Å². The summed E-state index contributed by atoms with van der Waals surface area (Å²) in [4.78, 5) is 15.8. The van der Waals surface area contributed by atoms with Crippen LogP contribution in [0.2, 0.25) is 0 Å². The number of fused-ring (bicyclic) bond motifs is 1. The molecule has 0 N–H and O–H groups in total. The zero-order chi connectivity index (χ0) is 10.1. The van der Waals surface area contributed by atoms with Crippen molar-refractivity contribution in [1.82, 2.24) is 9.55 Å². The van der Waals surface area contributed by atoms with Crippen molar-refractivity contribution < 1.29 is 4.79 Å². The fourth-order valence-electron chi connectivity index (χ4n) is 1.55. The molecule has 0 fully saturated rings. The Kier molecular flexibility index (Phi) is 2.08. The van der Waals surface area contributed by atoms with E-state index in [-0.39, 0.29) is 5.78 Å². The number of hydrogen-bond donors (Lipinski definition) is 0. The van der Waals surface area contributed by atoms with Crippen molar-refractivity contribution in [3.63, 3.8) is 0 Å². The minimum atomic E-state index is 0.0868. The van der Waals surface area contributed by atoms with E-state index in [1.54, 1.807) is 0 Å². The van der Waals surface area contributed by atoms with E-state index in [1.165, 1.54) is 0 Å². The Hall–Kier alpha value is -1.64. The van der Waals surface area contributed by atoms with Crippen molar-refractivity contribution >= 4 is 16.8 Å². The van der Waals surface area contributed by atoms with E-state index in [4.69, 9.17) is 0 Å². The molecule has 0 aliphatic carbocycles. The number of imidazole rings is 1. The maximum Gasteiger partial charge on any atom is 0.198 e. The van der Waals surface area contributed by atoms with Crippen molar-refractivity contribution in [3.05, 3.63) is 30.1 Å². The van der Waals surface area contributed by atoms with Crippen LogP contribution in [0.3, 0.4) is 0 Å². The van der Waals surface area contributed by atoms with Crippen molar-refractivity contribution in [1.29, 1.82) is 0 Å². The van der Waals surface area contributed by atoms with Gasteiger partial charge in [-0.1, -0.05) is 19.1 Å². The molecule has 14 heavy (non-hydrogen) atoms. The molecule has 3 heteroatoms. The lowest BCUT2D eigenvalue weighted by Crippen LogP contribution is -2.05. The van der Waals surface area contributed by atoms with Crippen LogP contribution in [0.4, 0.5) is 0 Å². The monoisotopic (exact) mass is 188 g/mol. The number of ketones is 1. The first-order chi connectivity index (χ1) is 6.74. The second kappa shape index (κ2) is 3.25. The fraction of sp³-hybridized carbons (Fsp3) is 0.273. The number of Topliss-reactive ketones (excluding diaryl/α,β-unsaturated/α-hetero) is 1. The summed E-state index contributed by atoms with van der Waals surface area (Å²) in [7, 11) is 1.87. The van der Waals surface area contributed by atoms with Crippen LogP contribution >= 0.6 is 0 Å². The molecule has 0 saturated carbocycles. The van der Waals surface area contributed by atoms with Gasteiger partial charge in [0.1, 0.15) is 0 Å². The molecule has 0 amide bonds. The summed E-state index contributed by atoms with van der Waals surface area (Å²) in [5.41, 5.74) is 1.89. The van der Waals surface area contributed by atoms with Crippen LogP contribution in [-0.2, 0) is 7.05 Å². The van der Waals surface area contributed by atoms with Gasteiger partial charge in [0.2, 0.25) is 0 Å². The number of aromatic nitrogens is 2. The van der Waals surface area contributed by atoms with Gasteiger partial charge >= 0.3 is 0 Å². The first kappa shape index (κ1) is 8.94. The van der Waals surface area contributed by atoms with E-state index in [2.05, 4.69) is 4.98 Å². The smallest absolute Gasteiger partial charge is 0.198 e. The van der Waals surface area contributed by atoms with E-state index in [9.17, 15) is 4.79 Å².